The second kappa shape index (κ2) is 9.15. The van der Waals surface area contributed by atoms with Gasteiger partial charge in [0.05, 0.1) is 22.2 Å². The molecule has 1 aliphatic carbocycles. The van der Waals surface area contributed by atoms with Crippen molar-refractivity contribution in [1.29, 1.82) is 0 Å². The van der Waals surface area contributed by atoms with Crippen LogP contribution >= 0.6 is 0 Å². The summed E-state index contributed by atoms with van der Waals surface area (Å²) in [5.41, 5.74) is 15.8. The lowest BCUT2D eigenvalue weighted by atomic mass is 9.83. The highest BCUT2D eigenvalue weighted by Gasteiger charge is 2.26. The number of hydrogen-bond donors (Lipinski definition) is 0. The zero-order valence-corrected chi connectivity index (χ0v) is 24.2. The third-order valence-corrected chi connectivity index (χ3v) is 9.14. The van der Waals surface area contributed by atoms with Gasteiger partial charge in [-0.3, -0.25) is 8.97 Å². The number of nitrogens with zero attached hydrogens (tertiary/aromatic N) is 5. The fourth-order valence-corrected chi connectivity index (χ4v) is 7.23. The summed E-state index contributed by atoms with van der Waals surface area (Å²) in [7, 11) is 0. The predicted molar refractivity (Wildman–Crippen MR) is 182 cm³/mol. The largest absolute Gasteiger partial charge is 0.316 e. The molecule has 0 saturated carbocycles. The molecule has 0 N–H and O–H groups in total. The molecule has 0 atom stereocenters. The van der Waals surface area contributed by atoms with Crippen LogP contribution in [0.1, 0.15) is 0 Å². The zero-order chi connectivity index (χ0) is 29.5. The lowest BCUT2D eigenvalue weighted by Gasteiger charge is -2.23. The molecule has 45 heavy (non-hydrogen) atoms. The van der Waals surface area contributed by atoms with Crippen molar-refractivity contribution in [2.45, 2.75) is 0 Å². The summed E-state index contributed by atoms with van der Waals surface area (Å²) in [4.78, 5) is 9.61. The van der Waals surface area contributed by atoms with Gasteiger partial charge in [-0.05, 0) is 82.4 Å². The van der Waals surface area contributed by atoms with Crippen molar-refractivity contribution in [2.24, 2.45) is 0 Å². The number of para-hydroxylation sites is 3. The van der Waals surface area contributed by atoms with E-state index < -0.39 is 0 Å². The summed E-state index contributed by atoms with van der Waals surface area (Å²) in [6.45, 7) is 0. The molecular formula is C40H25N5. The lowest BCUT2D eigenvalue weighted by Crippen LogP contribution is -2.02. The Kier molecular flexibility index (Phi) is 4.93. The minimum atomic E-state index is 0.743. The van der Waals surface area contributed by atoms with Gasteiger partial charge in [0.25, 0.3) is 0 Å². The molecule has 4 aromatic heterocycles. The minimum Gasteiger partial charge on any atom is -0.316 e. The quantitative estimate of drug-likeness (QED) is 0.206. The third kappa shape index (κ3) is 3.38. The number of hydrogen-bond acceptors (Lipinski definition) is 2. The molecule has 0 fully saturated rings. The first-order chi connectivity index (χ1) is 22.3. The van der Waals surface area contributed by atoms with Gasteiger partial charge in [0.2, 0.25) is 5.78 Å². The van der Waals surface area contributed by atoms with Crippen LogP contribution in [-0.2, 0) is 0 Å². The Morgan fingerprint density at radius 2 is 1.09 bits per heavy atom. The topological polar surface area (TPSA) is 40.0 Å². The van der Waals surface area contributed by atoms with E-state index in [2.05, 4.69) is 158 Å². The molecule has 0 amide bonds. The Morgan fingerprint density at radius 3 is 1.91 bits per heavy atom. The maximum Gasteiger partial charge on any atom is 0.222 e. The van der Waals surface area contributed by atoms with Gasteiger partial charge in [0.15, 0.2) is 5.65 Å². The van der Waals surface area contributed by atoms with E-state index >= 15 is 0 Å². The van der Waals surface area contributed by atoms with Gasteiger partial charge >= 0.3 is 0 Å². The van der Waals surface area contributed by atoms with Crippen molar-refractivity contribution in [2.75, 3.05) is 0 Å². The van der Waals surface area contributed by atoms with Crippen LogP contribution in [0.15, 0.2) is 152 Å². The molecule has 9 aromatic rings. The summed E-state index contributed by atoms with van der Waals surface area (Å²) in [6.07, 6.45) is 4.01. The first kappa shape index (κ1) is 24.3. The average molecular weight is 576 g/mol. The number of pyridine rings is 1. The second-order valence-corrected chi connectivity index (χ2v) is 11.5. The maximum absolute atomic E-state index is 5.03. The number of benzene rings is 5. The molecule has 5 aromatic carbocycles. The molecule has 1 aliphatic rings. The molecule has 4 heterocycles. The highest BCUT2D eigenvalue weighted by atomic mass is 15.2. The molecule has 0 bridgehead atoms. The summed E-state index contributed by atoms with van der Waals surface area (Å²) < 4.78 is 6.81. The Morgan fingerprint density at radius 1 is 0.444 bits per heavy atom. The van der Waals surface area contributed by atoms with Crippen LogP contribution in [-0.4, -0.2) is 23.5 Å². The minimum absolute atomic E-state index is 0.743. The van der Waals surface area contributed by atoms with Gasteiger partial charge < -0.3 is 4.57 Å². The van der Waals surface area contributed by atoms with E-state index in [1.807, 2.05) is 6.07 Å². The highest BCUT2D eigenvalue weighted by molar-refractivity contribution is 6.03. The number of fused-ring (bicyclic) bond motifs is 13. The zero-order valence-electron chi connectivity index (χ0n) is 24.2. The fraction of sp³-hybridized carbons (Fsp3) is 0. The standard InChI is InChI=1S/C40H25N5/c1-2-11-26(12-3-1)43-24-22-33-31-21-20-27(25-34(31)30-15-5-4-13-28(30)29-14-6-7-16-32(29)38(33)43)44-35-17-8-9-18-36(35)45-37-19-10-23-41-39(37)42-40(44)45/h1-25H. The van der Waals surface area contributed by atoms with E-state index in [1.165, 1.54) is 44.6 Å². The molecule has 0 unspecified atom stereocenters. The van der Waals surface area contributed by atoms with E-state index in [4.69, 9.17) is 4.98 Å². The molecule has 210 valence electrons. The Bertz CT molecular complexity index is 2600. The van der Waals surface area contributed by atoms with Crippen molar-refractivity contribution in [3.63, 3.8) is 0 Å². The third-order valence-electron chi connectivity index (χ3n) is 9.14. The molecule has 0 saturated heterocycles. The molecule has 10 rings (SSSR count). The molecule has 5 heteroatoms. The molecule has 0 radical (unpaired) electrons. The molecule has 0 spiro atoms. The Hall–Kier alpha value is -6.20. The van der Waals surface area contributed by atoms with Crippen molar-refractivity contribution in [3.05, 3.63) is 152 Å². The van der Waals surface area contributed by atoms with Crippen LogP contribution in [0.25, 0.3) is 84.0 Å². The van der Waals surface area contributed by atoms with Gasteiger partial charge in [-0.1, -0.05) is 84.9 Å². The summed E-state index contributed by atoms with van der Waals surface area (Å²) in [5.74, 6) is 0.852. The number of aromatic nitrogens is 5. The molecular weight excluding hydrogens is 550 g/mol. The van der Waals surface area contributed by atoms with E-state index in [1.54, 1.807) is 6.20 Å². The normalized spacial score (nSPS) is 12.0. The monoisotopic (exact) mass is 575 g/mol. The van der Waals surface area contributed by atoms with Crippen molar-refractivity contribution in [1.82, 2.24) is 23.5 Å². The smallest absolute Gasteiger partial charge is 0.222 e. The van der Waals surface area contributed by atoms with E-state index in [-0.39, 0.29) is 0 Å². The van der Waals surface area contributed by atoms with Gasteiger partial charge in [0.1, 0.15) is 0 Å². The number of imidazole rings is 2. The first-order valence-corrected chi connectivity index (χ1v) is 15.2. The van der Waals surface area contributed by atoms with Gasteiger partial charge in [-0.15, -0.1) is 0 Å². The molecule has 0 aliphatic heterocycles. The maximum atomic E-state index is 5.03. The van der Waals surface area contributed by atoms with E-state index in [9.17, 15) is 0 Å². The Balaban J connectivity index is 1.31. The van der Waals surface area contributed by atoms with Crippen molar-refractivity contribution >= 4 is 28.0 Å². The van der Waals surface area contributed by atoms with Gasteiger partial charge in [-0.25, -0.2) is 4.98 Å². The average Bonchev–Trinajstić information content (AvgIpc) is 3.79. The molecule has 5 nitrogen and oxygen atoms in total. The summed E-state index contributed by atoms with van der Waals surface area (Å²) >= 11 is 0. The van der Waals surface area contributed by atoms with Crippen LogP contribution in [0.3, 0.4) is 0 Å². The second-order valence-electron chi connectivity index (χ2n) is 11.5. The fourth-order valence-electron chi connectivity index (χ4n) is 7.23. The summed E-state index contributed by atoms with van der Waals surface area (Å²) in [6, 6.07) is 49.9. The number of rotatable bonds is 2. The van der Waals surface area contributed by atoms with Crippen LogP contribution in [0, 0.1) is 0 Å². The lowest BCUT2D eigenvalue weighted by molar-refractivity contribution is 1.09. The van der Waals surface area contributed by atoms with Gasteiger partial charge in [-0.2, -0.15) is 4.98 Å². The first-order valence-electron chi connectivity index (χ1n) is 15.2. The van der Waals surface area contributed by atoms with Crippen LogP contribution < -0.4 is 0 Å². The van der Waals surface area contributed by atoms with E-state index in [0.717, 1.165) is 39.3 Å². The van der Waals surface area contributed by atoms with E-state index in [0.29, 0.717) is 0 Å². The van der Waals surface area contributed by atoms with Crippen molar-refractivity contribution < 1.29 is 0 Å². The van der Waals surface area contributed by atoms with Gasteiger partial charge in [0, 0.05) is 34.9 Å². The SMILES string of the molecule is c1ccc(-n2ccc3c2-c2ccccc2-c2ccccc2-c2cc(-n4c5ccccc5n5c6cccnc6nc45)ccc2-3)cc1. The van der Waals surface area contributed by atoms with Crippen molar-refractivity contribution in [3.8, 4) is 56.0 Å². The van der Waals surface area contributed by atoms with Crippen LogP contribution in [0.4, 0.5) is 0 Å². The Labute approximate surface area is 258 Å². The van der Waals surface area contributed by atoms with Crippen LogP contribution in [0.5, 0.6) is 0 Å². The summed E-state index contributed by atoms with van der Waals surface area (Å²) in [5, 5.41) is 0. The highest BCUT2D eigenvalue weighted by Crippen LogP contribution is 2.49. The predicted octanol–water partition coefficient (Wildman–Crippen LogP) is 9.60. The van der Waals surface area contributed by atoms with Crippen LogP contribution in [0.2, 0.25) is 0 Å².